The van der Waals surface area contributed by atoms with Gasteiger partial charge in [0.1, 0.15) is 0 Å². The van der Waals surface area contributed by atoms with Crippen LogP contribution in [0.1, 0.15) is 0 Å². The Morgan fingerprint density at radius 1 is 1.14 bits per heavy atom. The molecule has 0 saturated carbocycles. The van der Waals surface area contributed by atoms with Crippen LogP contribution < -0.4 is 44.2 Å². The first-order valence-electron chi connectivity index (χ1n) is 0.730. The van der Waals surface area contributed by atoms with Crippen molar-refractivity contribution in [2.24, 2.45) is 0 Å². The molecule has 0 amide bonds. The molecule has 1 N–H and O–H groups in total. The van der Waals surface area contributed by atoms with Gasteiger partial charge in [-0.2, -0.15) is 7.82 Å². The third-order valence-electron chi connectivity index (χ3n) is 0. The normalized spacial score (nSPS) is 8.43. The summed E-state index contributed by atoms with van der Waals surface area (Å²) in [7, 11) is -5.39. The van der Waals surface area contributed by atoms with Crippen molar-refractivity contribution in [1.82, 2.24) is 0 Å². The van der Waals surface area contributed by atoms with Gasteiger partial charge in [-0.1, -0.05) is 0 Å². The first kappa shape index (κ1) is 15.7. The maximum absolute atomic E-state index is 8.55. The summed E-state index contributed by atoms with van der Waals surface area (Å²) in [6.45, 7) is 0. The quantitative estimate of drug-likeness (QED) is 0.242. The maximum atomic E-state index is 8.55. The van der Waals surface area contributed by atoms with Crippen LogP contribution in [0.3, 0.4) is 0 Å². The van der Waals surface area contributed by atoms with Crippen LogP contribution in [0.25, 0.3) is 0 Å². The zero-order valence-electron chi connectivity index (χ0n) is 3.53. The van der Waals surface area contributed by atoms with Gasteiger partial charge in [0.2, 0.25) is 0 Å². The molecule has 0 aromatic heterocycles. The van der Waals surface area contributed by atoms with Crippen molar-refractivity contribution in [2.45, 2.75) is 0 Å². The molecule has 0 aliphatic heterocycles. The molecule has 0 fully saturated rings. The topological polar surface area (TPSA) is 116 Å². The van der Waals surface area contributed by atoms with Gasteiger partial charge in [-0.3, -0.25) is 0 Å². The molecular weight excluding hydrogens is 134 g/mol. The molecule has 0 rings (SSSR count). The van der Waals surface area contributed by atoms with E-state index in [2.05, 4.69) is 0 Å². The summed E-state index contributed by atoms with van der Waals surface area (Å²) in [6, 6.07) is 0. The Kier molecular flexibility index (Phi) is 11.7. The fourth-order valence-corrected chi connectivity index (χ4v) is 0. The molecule has 0 aromatic carbocycles. The van der Waals surface area contributed by atoms with Crippen LogP contribution in [-0.4, -0.2) is 5.48 Å². The first-order valence-corrected chi connectivity index (χ1v) is 2.19. The molecule has 0 saturated heterocycles. The monoisotopic (exact) mass is 135 g/mol. The summed E-state index contributed by atoms with van der Waals surface area (Å²) in [5.41, 5.74) is 0. The van der Waals surface area contributed by atoms with Gasteiger partial charge in [0, 0.05) is 0 Å². The fourth-order valence-electron chi connectivity index (χ4n) is 0. The average Bonchev–Trinajstić information content (AvgIpc) is 0.722. The zero-order chi connectivity index (χ0) is 4.50. The summed E-state index contributed by atoms with van der Waals surface area (Å²) in [6.07, 6.45) is 0. The Bertz CT molecular complexity index is 54.2. The van der Waals surface area contributed by atoms with Crippen molar-refractivity contribution in [3.63, 3.8) is 0 Å². The molecular formula is HNaO5P-3. The van der Waals surface area contributed by atoms with Gasteiger partial charge in [0.15, 0.2) is 0 Å². The third-order valence-corrected chi connectivity index (χ3v) is 0. The molecule has 0 unspecified atom stereocenters. The zero-order valence-corrected chi connectivity index (χ0v) is 6.42. The summed E-state index contributed by atoms with van der Waals surface area (Å²) in [5, 5.41) is 0. The molecule has 0 atom stereocenters. The van der Waals surface area contributed by atoms with Gasteiger partial charge in [0.25, 0.3) is 0 Å². The van der Waals surface area contributed by atoms with E-state index in [9.17, 15) is 0 Å². The van der Waals surface area contributed by atoms with Crippen LogP contribution in [0.15, 0.2) is 0 Å². The van der Waals surface area contributed by atoms with E-state index < -0.39 is 7.82 Å². The standard InChI is InChI=1S/Na.H3O4P.H2O/c;1-5(2,3)4;/h;(H3,1,2,3,4);1H2/q+1;;/p-4. The molecule has 0 aliphatic rings. The predicted octanol–water partition coefficient (Wildman–Crippen LogP) is -6.00. The fraction of sp³-hybridized carbons (Fsp3) is 0. The van der Waals surface area contributed by atoms with Crippen molar-refractivity contribution < 1.29 is 54.3 Å². The van der Waals surface area contributed by atoms with Crippen LogP contribution in [0, 0.1) is 0 Å². The predicted molar refractivity (Wildman–Crippen MR) is 9.54 cm³/mol. The minimum absolute atomic E-state index is 0. The molecule has 0 aromatic rings. The smallest absolute Gasteiger partial charge is 0.870 e. The Labute approximate surface area is 62.2 Å². The van der Waals surface area contributed by atoms with E-state index in [1.807, 2.05) is 0 Å². The van der Waals surface area contributed by atoms with Gasteiger partial charge in [0.05, 0.1) is 0 Å². The van der Waals surface area contributed by atoms with Gasteiger partial charge < -0.3 is 24.7 Å². The Morgan fingerprint density at radius 2 is 1.14 bits per heavy atom. The summed E-state index contributed by atoms with van der Waals surface area (Å²) in [4.78, 5) is 25.6. The minimum Gasteiger partial charge on any atom is -0.870 e. The van der Waals surface area contributed by atoms with E-state index in [1.54, 1.807) is 0 Å². The summed E-state index contributed by atoms with van der Waals surface area (Å²) in [5.74, 6) is 0. The molecule has 5 nitrogen and oxygen atoms in total. The van der Waals surface area contributed by atoms with Crippen molar-refractivity contribution >= 4 is 7.82 Å². The van der Waals surface area contributed by atoms with Gasteiger partial charge in [-0.15, -0.1) is 0 Å². The van der Waals surface area contributed by atoms with Crippen molar-refractivity contribution in [3.8, 4) is 0 Å². The van der Waals surface area contributed by atoms with Crippen molar-refractivity contribution in [3.05, 3.63) is 0 Å². The Hall–Kier alpha value is 1.07. The summed E-state index contributed by atoms with van der Waals surface area (Å²) >= 11 is 0. The third kappa shape index (κ3) is 159. The number of phosphoric acid groups is 1. The van der Waals surface area contributed by atoms with Crippen LogP contribution in [-0.2, 0) is 4.57 Å². The van der Waals surface area contributed by atoms with E-state index in [0.717, 1.165) is 0 Å². The van der Waals surface area contributed by atoms with Gasteiger partial charge >= 0.3 is 29.6 Å². The van der Waals surface area contributed by atoms with E-state index in [1.165, 1.54) is 0 Å². The second-order valence-electron chi connectivity index (χ2n) is 0.447. The molecule has 0 radical (unpaired) electrons. The van der Waals surface area contributed by atoms with Gasteiger partial charge in [-0.25, -0.2) is 0 Å². The Morgan fingerprint density at radius 3 is 1.14 bits per heavy atom. The molecule has 0 heterocycles. The van der Waals surface area contributed by atoms with Crippen LogP contribution in [0.4, 0.5) is 0 Å². The second kappa shape index (κ2) is 5.21. The molecule has 0 spiro atoms. The van der Waals surface area contributed by atoms with Crippen LogP contribution in [0.2, 0.25) is 0 Å². The molecule has 7 heteroatoms. The van der Waals surface area contributed by atoms with Crippen molar-refractivity contribution in [2.75, 3.05) is 0 Å². The van der Waals surface area contributed by atoms with E-state index >= 15 is 0 Å². The molecule has 7 heavy (non-hydrogen) atoms. The number of hydrogen-bond acceptors (Lipinski definition) is 5. The molecule has 0 bridgehead atoms. The molecule has 0 aliphatic carbocycles. The van der Waals surface area contributed by atoms with E-state index in [-0.39, 0.29) is 35.0 Å². The van der Waals surface area contributed by atoms with Crippen LogP contribution >= 0.6 is 7.82 Å². The SMILES string of the molecule is O=P([O-])([O-])[O-].[Na+].[OH-]. The van der Waals surface area contributed by atoms with Crippen molar-refractivity contribution in [1.29, 1.82) is 0 Å². The first-order chi connectivity index (χ1) is 2.00. The van der Waals surface area contributed by atoms with E-state index in [4.69, 9.17) is 19.2 Å². The number of rotatable bonds is 0. The molecule has 40 valence electrons. The average molecular weight is 135 g/mol. The largest absolute Gasteiger partial charge is 1.00 e. The van der Waals surface area contributed by atoms with Crippen LogP contribution in [0.5, 0.6) is 0 Å². The minimum atomic E-state index is -5.39. The second-order valence-corrected chi connectivity index (χ2v) is 1.34. The number of hydrogen-bond donors (Lipinski definition) is 0. The Balaban J connectivity index is -0.0000000800. The van der Waals surface area contributed by atoms with E-state index in [0.29, 0.717) is 0 Å². The maximum Gasteiger partial charge on any atom is 1.00 e. The summed E-state index contributed by atoms with van der Waals surface area (Å²) < 4.78 is 8.55. The van der Waals surface area contributed by atoms with Gasteiger partial charge in [-0.05, 0) is 0 Å².